The second-order valence-corrected chi connectivity index (χ2v) is 9.36. The van der Waals surface area contributed by atoms with Gasteiger partial charge in [0.25, 0.3) is 0 Å². The number of benzene rings is 2. The number of rotatable bonds is 5. The molecule has 0 amide bonds. The number of aryl methyl sites for hydroxylation is 1. The van der Waals surface area contributed by atoms with Crippen molar-refractivity contribution in [2.75, 3.05) is 6.61 Å². The van der Waals surface area contributed by atoms with Crippen molar-refractivity contribution >= 4 is 21.6 Å². The van der Waals surface area contributed by atoms with E-state index in [-0.39, 0.29) is 12.0 Å². The number of hydrogen-bond donors (Lipinski definition) is 0. The van der Waals surface area contributed by atoms with Crippen molar-refractivity contribution in [3.8, 4) is 0 Å². The van der Waals surface area contributed by atoms with Crippen molar-refractivity contribution in [3.63, 3.8) is 0 Å². The number of ether oxygens (including phenoxy) is 1. The van der Waals surface area contributed by atoms with Gasteiger partial charge in [0.1, 0.15) is 6.23 Å². The van der Waals surface area contributed by atoms with Crippen LogP contribution in [0.4, 0.5) is 0 Å². The standard InChI is InChI=1S/C20H24ClNO3S/c1-14(2)19-13-25-20(12-16-6-8-17(21)9-7-16)22(19)26(23,24)18-10-4-15(3)5-11-18/h4-11,14,19-20H,12-13H2,1-3H3/t19-,20+/m1/s1. The fraction of sp³-hybridized carbons (Fsp3) is 0.400. The topological polar surface area (TPSA) is 46.6 Å². The summed E-state index contributed by atoms with van der Waals surface area (Å²) < 4.78 is 34.2. The highest BCUT2D eigenvalue weighted by molar-refractivity contribution is 7.89. The number of nitrogens with zero attached hydrogens (tertiary/aromatic N) is 1. The van der Waals surface area contributed by atoms with E-state index in [1.54, 1.807) is 16.4 Å². The largest absolute Gasteiger partial charge is 0.360 e. The van der Waals surface area contributed by atoms with Gasteiger partial charge >= 0.3 is 0 Å². The van der Waals surface area contributed by atoms with Crippen LogP contribution in [0.3, 0.4) is 0 Å². The molecule has 1 saturated heterocycles. The van der Waals surface area contributed by atoms with Crippen molar-refractivity contribution in [1.29, 1.82) is 0 Å². The predicted molar refractivity (Wildman–Crippen MR) is 104 cm³/mol. The van der Waals surface area contributed by atoms with Crippen molar-refractivity contribution in [2.45, 2.75) is 44.4 Å². The first kappa shape index (κ1) is 19.4. The van der Waals surface area contributed by atoms with Gasteiger partial charge in [0, 0.05) is 11.4 Å². The molecule has 0 radical (unpaired) electrons. The van der Waals surface area contributed by atoms with Crippen LogP contribution in [0, 0.1) is 12.8 Å². The third kappa shape index (κ3) is 3.96. The molecule has 6 heteroatoms. The highest BCUT2D eigenvalue weighted by Gasteiger charge is 2.44. The van der Waals surface area contributed by atoms with Gasteiger partial charge in [-0.2, -0.15) is 4.31 Å². The molecule has 1 fully saturated rings. The van der Waals surface area contributed by atoms with Crippen LogP contribution in [-0.4, -0.2) is 31.6 Å². The fourth-order valence-corrected chi connectivity index (χ4v) is 5.15. The zero-order chi connectivity index (χ0) is 18.9. The molecule has 140 valence electrons. The Morgan fingerprint density at radius 1 is 1.12 bits per heavy atom. The molecule has 0 aromatic heterocycles. The normalized spacial score (nSPS) is 21.4. The summed E-state index contributed by atoms with van der Waals surface area (Å²) >= 11 is 5.95. The van der Waals surface area contributed by atoms with E-state index in [1.807, 2.05) is 57.2 Å². The van der Waals surface area contributed by atoms with E-state index in [9.17, 15) is 8.42 Å². The van der Waals surface area contributed by atoms with Gasteiger partial charge in [-0.05, 0) is 42.7 Å². The van der Waals surface area contributed by atoms with Gasteiger partial charge in [-0.1, -0.05) is 55.3 Å². The molecule has 3 rings (SSSR count). The Balaban J connectivity index is 1.94. The summed E-state index contributed by atoms with van der Waals surface area (Å²) in [5.41, 5.74) is 2.02. The summed E-state index contributed by atoms with van der Waals surface area (Å²) in [6.07, 6.45) is -0.0271. The van der Waals surface area contributed by atoms with E-state index in [1.165, 1.54) is 0 Å². The van der Waals surface area contributed by atoms with Gasteiger partial charge in [0.05, 0.1) is 17.5 Å². The van der Waals surface area contributed by atoms with Crippen LogP contribution in [0.15, 0.2) is 53.4 Å². The minimum Gasteiger partial charge on any atom is -0.360 e. The molecule has 2 aromatic carbocycles. The summed E-state index contributed by atoms with van der Waals surface area (Å²) in [6, 6.07) is 14.2. The molecule has 0 bridgehead atoms. The lowest BCUT2D eigenvalue weighted by molar-refractivity contribution is 0.0687. The maximum absolute atomic E-state index is 13.3. The van der Waals surface area contributed by atoms with Gasteiger partial charge in [0.15, 0.2) is 0 Å². The molecular weight excluding hydrogens is 370 g/mol. The Kier molecular flexibility index (Phi) is 5.72. The highest BCUT2D eigenvalue weighted by Crippen LogP contribution is 2.32. The van der Waals surface area contributed by atoms with E-state index >= 15 is 0 Å². The lowest BCUT2D eigenvalue weighted by Gasteiger charge is -2.29. The molecule has 0 unspecified atom stereocenters. The Bertz CT molecular complexity index is 848. The van der Waals surface area contributed by atoms with Crippen molar-refractivity contribution in [2.24, 2.45) is 5.92 Å². The van der Waals surface area contributed by atoms with Gasteiger partial charge in [-0.3, -0.25) is 0 Å². The van der Waals surface area contributed by atoms with Crippen LogP contribution in [-0.2, 0) is 21.2 Å². The molecule has 1 heterocycles. The third-order valence-corrected chi connectivity index (χ3v) is 6.94. The first-order valence-corrected chi connectivity index (χ1v) is 10.6. The van der Waals surface area contributed by atoms with E-state index in [4.69, 9.17) is 16.3 Å². The third-order valence-electron chi connectivity index (χ3n) is 4.76. The molecule has 0 N–H and O–H groups in total. The Labute approximate surface area is 160 Å². The molecule has 2 aromatic rings. The minimum absolute atomic E-state index is 0.158. The molecule has 0 spiro atoms. The lowest BCUT2D eigenvalue weighted by Crippen LogP contribution is -2.45. The molecule has 4 nitrogen and oxygen atoms in total. The maximum atomic E-state index is 13.3. The number of hydrogen-bond acceptors (Lipinski definition) is 3. The minimum atomic E-state index is -3.64. The van der Waals surface area contributed by atoms with Gasteiger partial charge < -0.3 is 4.74 Å². The summed E-state index contributed by atoms with van der Waals surface area (Å²) in [5.74, 6) is 0.158. The summed E-state index contributed by atoms with van der Waals surface area (Å²) in [5, 5.41) is 0.658. The Morgan fingerprint density at radius 2 is 1.73 bits per heavy atom. The molecule has 0 saturated carbocycles. The zero-order valence-corrected chi connectivity index (χ0v) is 16.8. The molecule has 26 heavy (non-hydrogen) atoms. The Hall–Kier alpha value is -1.40. The van der Waals surface area contributed by atoms with E-state index in [2.05, 4.69) is 0 Å². The summed E-state index contributed by atoms with van der Waals surface area (Å²) in [4.78, 5) is 0.306. The van der Waals surface area contributed by atoms with E-state index in [0.29, 0.717) is 22.9 Å². The maximum Gasteiger partial charge on any atom is 0.245 e. The zero-order valence-electron chi connectivity index (χ0n) is 15.2. The molecule has 1 aliphatic heterocycles. The first-order valence-electron chi connectivity index (χ1n) is 8.75. The van der Waals surface area contributed by atoms with E-state index < -0.39 is 16.3 Å². The highest BCUT2D eigenvalue weighted by atomic mass is 35.5. The molecule has 0 aliphatic carbocycles. The predicted octanol–water partition coefficient (Wildman–Crippen LogP) is 4.26. The van der Waals surface area contributed by atoms with Crippen molar-refractivity contribution in [1.82, 2.24) is 4.31 Å². The summed E-state index contributed by atoms with van der Waals surface area (Å²) in [6.45, 7) is 6.39. The van der Waals surface area contributed by atoms with Crippen LogP contribution in [0.25, 0.3) is 0 Å². The first-order chi connectivity index (χ1) is 12.3. The van der Waals surface area contributed by atoms with Gasteiger partial charge in [-0.15, -0.1) is 0 Å². The van der Waals surface area contributed by atoms with Crippen molar-refractivity contribution < 1.29 is 13.2 Å². The second-order valence-electron chi connectivity index (χ2n) is 7.08. The second kappa shape index (κ2) is 7.69. The Morgan fingerprint density at radius 3 is 2.31 bits per heavy atom. The average molecular weight is 394 g/mol. The van der Waals surface area contributed by atoms with Crippen LogP contribution in [0.1, 0.15) is 25.0 Å². The van der Waals surface area contributed by atoms with Crippen LogP contribution < -0.4 is 0 Å². The SMILES string of the molecule is Cc1ccc(S(=O)(=O)N2[C@H](Cc3ccc(Cl)cc3)OC[C@@H]2C(C)C)cc1. The van der Waals surface area contributed by atoms with Gasteiger partial charge in [0.2, 0.25) is 10.0 Å². The van der Waals surface area contributed by atoms with E-state index in [0.717, 1.165) is 11.1 Å². The molecular formula is C20H24ClNO3S. The quantitative estimate of drug-likeness (QED) is 0.762. The van der Waals surface area contributed by atoms with Crippen molar-refractivity contribution in [3.05, 3.63) is 64.7 Å². The van der Waals surface area contributed by atoms with Gasteiger partial charge in [-0.25, -0.2) is 8.42 Å². The molecule has 1 aliphatic rings. The molecule has 2 atom stereocenters. The lowest BCUT2D eigenvalue weighted by atomic mass is 10.1. The van der Waals surface area contributed by atoms with Crippen LogP contribution >= 0.6 is 11.6 Å². The monoisotopic (exact) mass is 393 g/mol. The average Bonchev–Trinajstić information content (AvgIpc) is 3.02. The number of sulfonamides is 1. The smallest absolute Gasteiger partial charge is 0.245 e. The number of halogens is 1. The van der Waals surface area contributed by atoms with Crippen LogP contribution in [0.5, 0.6) is 0 Å². The summed E-state index contributed by atoms with van der Waals surface area (Å²) in [7, 11) is -3.64. The fourth-order valence-electron chi connectivity index (χ4n) is 3.19. The van der Waals surface area contributed by atoms with Crippen LogP contribution in [0.2, 0.25) is 5.02 Å².